The van der Waals surface area contributed by atoms with Gasteiger partial charge in [0.15, 0.2) is 0 Å². The number of rotatable bonds is 5. The highest BCUT2D eigenvalue weighted by Crippen LogP contribution is 2.25. The second-order valence-corrected chi connectivity index (χ2v) is 5.53. The lowest BCUT2D eigenvalue weighted by atomic mass is 10.1. The molecule has 0 aliphatic heterocycles. The van der Waals surface area contributed by atoms with Crippen molar-refractivity contribution in [3.05, 3.63) is 58.6 Å². The lowest BCUT2D eigenvalue weighted by molar-refractivity contribution is 0.768. The molecule has 0 radical (unpaired) electrons. The molecule has 0 fully saturated rings. The van der Waals surface area contributed by atoms with Gasteiger partial charge in [0.25, 0.3) is 0 Å². The van der Waals surface area contributed by atoms with Gasteiger partial charge < -0.3 is 10.6 Å². The van der Waals surface area contributed by atoms with Gasteiger partial charge in [-0.3, -0.25) is 0 Å². The van der Waals surface area contributed by atoms with Gasteiger partial charge in [-0.15, -0.1) is 0 Å². The first-order valence-corrected chi connectivity index (χ1v) is 7.34. The number of benzene rings is 2. The minimum absolute atomic E-state index is 0.839. The maximum absolute atomic E-state index is 6.08. The molecule has 0 amide bonds. The summed E-state index contributed by atoms with van der Waals surface area (Å²) in [6, 6.07) is 16.5. The third-order valence-corrected chi connectivity index (χ3v) is 3.53. The maximum atomic E-state index is 6.08. The van der Waals surface area contributed by atoms with E-state index in [4.69, 9.17) is 5.73 Å². The summed E-state index contributed by atoms with van der Waals surface area (Å²) < 4.78 is 1.11. The standard InChI is InChI=1S/C16H19BrN2/c1-2-10-19(16-9-4-3-8-15(16)18)12-13-6-5-7-14(17)11-13/h3-9,11H,2,10,12,18H2,1H3. The molecular formula is C16H19BrN2. The largest absolute Gasteiger partial charge is 0.397 e. The van der Waals surface area contributed by atoms with Gasteiger partial charge in [0.2, 0.25) is 0 Å². The van der Waals surface area contributed by atoms with E-state index < -0.39 is 0 Å². The lowest BCUT2D eigenvalue weighted by Gasteiger charge is -2.26. The molecule has 0 heterocycles. The Morgan fingerprint density at radius 1 is 1.11 bits per heavy atom. The first-order chi connectivity index (χ1) is 9.20. The van der Waals surface area contributed by atoms with Gasteiger partial charge in [0.1, 0.15) is 0 Å². The van der Waals surface area contributed by atoms with Crippen LogP contribution in [-0.2, 0) is 6.54 Å². The van der Waals surface area contributed by atoms with Crippen LogP contribution in [0.4, 0.5) is 11.4 Å². The molecule has 0 saturated carbocycles. The van der Waals surface area contributed by atoms with Crippen molar-refractivity contribution in [1.29, 1.82) is 0 Å². The van der Waals surface area contributed by atoms with Crippen LogP contribution < -0.4 is 10.6 Å². The van der Waals surface area contributed by atoms with Crippen LogP contribution >= 0.6 is 15.9 Å². The number of hydrogen-bond donors (Lipinski definition) is 1. The van der Waals surface area contributed by atoms with E-state index in [1.807, 2.05) is 24.3 Å². The number of hydrogen-bond acceptors (Lipinski definition) is 2. The fourth-order valence-corrected chi connectivity index (χ4v) is 2.63. The fraction of sp³-hybridized carbons (Fsp3) is 0.250. The summed E-state index contributed by atoms with van der Waals surface area (Å²) in [5.41, 5.74) is 9.32. The van der Waals surface area contributed by atoms with Gasteiger partial charge in [-0.2, -0.15) is 0 Å². The first-order valence-electron chi connectivity index (χ1n) is 6.54. The molecular weight excluding hydrogens is 300 g/mol. The molecule has 0 aliphatic carbocycles. The predicted molar refractivity (Wildman–Crippen MR) is 86.3 cm³/mol. The average Bonchev–Trinajstić information content (AvgIpc) is 2.39. The number of nitrogens with two attached hydrogens (primary N) is 1. The summed E-state index contributed by atoms with van der Waals surface area (Å²) in [4.78, 5) is 2.33. The van der Waals surface area contributed by atoms with Crippen LogP contribution in [0.5, 0.6) is 0 Å². The highest BCUT2D eigenvalue weighted by Gasteiger charge is 2.09. The number of para-hydroxylation sites is 2. The Hall–Kier alpha value is -1.48. The smallest absolute Gasteiger partial charge is 0.0602 e. The minimum atomic E-state index is 0.839. The third-order valence-electron chi connectivity index (χ3n) is 3.03. The average molecular weight is 319 g/mol. The van der Waals surface area contributed by atoms with Crippen molar-refractivity contribution in [2.24, 2.45) is 0 Å². The number of halogens is 1. The van der Waals surface area contributed by atoms with Crippen molar-refractivity contribution in [1.82, 2.24) is 0 Å². The van der Waals surface area contributed by atoms with Crippen molar-refractivity contribution in [2.45, 2.75) is 19.9 Å². The summed E-state index contributed by atoms with van der Waals surface area (Å²) in [5, 5.41) is 0. The maximum Gasteiger partial charge on any atom is 0.0602 e. The van der Waals surface area contributed by atoms with Crippen molar-refractivity contribution < 1.29 is 0 Å². The summed E-state index contributed by atoms with van der Waals surface area (Å²) >= 11 is 3.52. The molecule has 0 atom stereocenters. The second-order valence-electron chi connectivity index (χ2n) is 4.61. The van der Waals surface area contributed by atoms with E-state index in [0.29, 0.717) is 0 Å². The van der Waals surface area contributed by atoms with Crippen LogP contribution in [0.3, 0.4) is 0 Å². The molecule has 3 heteroatoms. The Balaban J connectivity index is 2.24. The monoisotopic (exact) mass is 318 g/mol. The van der Waals surface area contributed by atoms with Gasteiger partial charge in [0.05, 0.1) is 11.4 Å². The quantitative estimate of drug-likeness (QED) is 0.825. The molecule has 19 heavy (non-hydrogen) atoms. The van der Waals surface area contributed by atoms with E-state index in [1.54, 1.807) is 0 Å². The fourth-order valence-electron chi connectivity index (χ4n) is 2.19. The highest BCUT2D eigenvalue weighted by atomic mass is 79.9. The lowest BCUT2D eigenvalue weighted by Crippen LogP contribution is -2.24. The van der Waals surface area contributed by atoms with E-state index in [2.05, 4.69) is 52.0 Å². The van der Waals surface area contributed by atoms with E-state index in [0.717, 1.165) is 35.4 Å². The summed E-state index contributed by atoms with van der Waals surface area (Å²) in [7, 11) is 0. The molecule has 0 aromatic heterocycles. The van der Waals surface area contributed by atoms with Crippen molar-refractivity contribution in [3.63, 3.8) is 0 Å². The Morgan fingerprint density at radius 3 is 2.58 bits per heavy atom. The molecule has 0 bridgehead atoms. The van der Waals surface area contributed by atoms with Gasteiger partial charge in [-0.05, 0) is 36.2 Å². The van der Waals surface area contributed by atoms with Crippen molar-refractivity contribution >= 4 is 27.3 Å². The highest BCUT2D eigenvalue weighted by molar-refractivity contribution is 9.10. The van der Waals surface area contributed by atoms with Gasteiger partial charge >= 0.3 is 0 Å². The molecule has 2 nitrogen and oxygen atoms in total. The number of nitrogens with zero attached hydrogens (tertiary/aromatic N) is 1. The zero-order valence-electron chi connectivity index (χ0n) is 11.1. The van der Waals surface area contributed by atoms with E-state index >= 15 is 0 Å². The van der Waals surface area contributed by atoms with Crippen LogP contribution in [0, 0.1) is 0 Å². The third kappa shape index (κ3) is 3.74. The topological polar surface area (TPSA) is 29.3 Å². The molecule has 0 aliphatic rings. The van der Waals surface area contributed by atoms with Crippen molar-refractivity contribution in [2.75, 3.05) is 17.2 Å². The van der Waals surface area contributed by atoms with Crippen LogP contribution in [0.25, 0.3) is 0 Å². The van der Waals surface area contributed by atoms with E-state index in [1.165, 1.54) is 5.56 Å². The van der Waals surface area contributed by atoms with Gasteiger partial charge in [-0.1, -0.05) is 47.1 Å². The Labute approximate surface area is 123 Å². The zero-order chi connectivity index (χ0) is 13.7. The van der Waals surface area contributed by atoms with Gasteiger partial charge in [0, 0.05) is 17.6 Å². The first kappa shape index (κ1) is 13.9. The molecule has 2 rings (SSSR count). The summed E-state index contributed by atoms with van der Waals surface area (Å²) in [6.45, 7) is 4.06. The molecule has 0 saturated heterocycles. The van der Waals surface area contributed by atoms with Crippen LogP contribution in [0.2, 0.25) is 0 Å². The van der Waals surface area contributed by atoms with Gasteiger partial charge in [-0.25, -0.2) is 0 Å². The van der Waals surface area contributed by atoms with Crippen LogP contribution in [0.15, 0.2) is 53.0 Å². The van der Waals surface area contributed by atoms with Crippen molar-refractivity contribution in [3.8, 4) is 0 Å². The minimum Gasteiger partial charge on any atom is -0.397 e. The SMILES string of the molecule is CCCN(Cc1cccc(Br)c1)c1ccccc1N. The van der Waals surface area contributed by atoms with E-state index in [-0.39, 0.29) is 0 Å². The van der Waals surface area contributed by atoms with Crippen LogP contribution in [-0.4, -0.2) is 6.54 Å². The second kappa shape index (κ2) is 6.62. The molecule has 0 unspecified atom stereocenters. The van der Waals surface area contributed by atoms with E-state index in [9.17, 15) is 0 Å². The summed E-state index contributed by atoms with van der Waals surface area (Å²) in [6.07, 6.45) is 1.10. The Kier molecular flexibility index (Phi) is 4.86. The molecule has 100 valence electrons. The normalized spacial score (nSPS) is 10.4. The number of nitrogen functional groups attached to an aromatic ring is 1. The summed E-state index contributed by atoms with van der Waals surface area (Å²) in [5.74, 6) is 0. The molecule has 2 N–H and O–H groups in total. The Bertz CT molecular complexity index is 540. The zero-order valence-corrected chi connectivity index (χ0v) is 12.7. The molecule has 2 aromatic rings. The molecule has 0 spiro atoms. The Morgan fingerprint density at radius 2 is 1.89 bits per heavy atom. The van der Waals surface area contributed by atoms with Crippen LogP contribution in [0.1, 0.15) is 18.9 Å². The number of anilines is 2. The predicted octanol–water partition coefficient (Wildman–Crippen LogP) is 4.45. The molecule has 2 aromatic carbocycles.